The van der Waals surface area contributed by atoms with Crippen LogP contribution in [-0.2, 0) is 5.41 Å². The average molecular weight is 677 g/mol. The molecule has 10 rings (SSSR count). The number of benzene rings is 8. The Morgan fingerprint density at radius 1 is 0.340 bits per heavy atom. The summed E-state index contributed by atoms with van der Waals surface area (Å²) in [5, 5.41) is 4.96. The van der Waals surface area contributed by atoms with Crippen molar-refractivity contribution in [1.29, 1.82) is 0 Å². The third-order valence-electron chi connectivity index (χ3n) is 11.1. The van der Waals surface area contributed by atoms with E-state index in [0.717, 1.165) is 33.9 Å². The van der Waals surface area contributed by atoms with Gasteiger partial charge >= 0.3 is 0 Å². The summed E-state index contributed by atoms with van der Waals surface area (Å²) in [5.74, 6) is 0.720. The molecule has 53 heavy (non-hydrogen) atoms. The quantitative estimate of drug-likeness (QED) is 0.181. The van der Waals surface area contributed by atoms with E-state index in [4.69, 9.17) is 9.97 Å². The lowest BCUT2D eigenvalue weighted by molar-refractivity contribution is 0.661. The van der Waals surface area contributed by atoms with E-state index in [2.05, 4.69) is 172 Å². The van der Waals surface area contributed by atoms with Gasteiger partial charge in [-0.25, -0.2) is 9.97 Å². The van der Waals surface area contributed by atoms with Gasteiger partial charge in [0.1, 0.15) is 0 Å². The zero-order valence-corrected chi connectivity index (χ0v) is 29.7. The molecule has 1 heterocycles. The molecule has 8 aromatic carbocycles. The average Bonchev–Trinajstić information content (AvgIpc) is 3.44. The number of hydrogen-bond acceptors (Lipinski definition) is 2. The first-order valence-corrected chi connectivity index (χ1v) is 18.3. The summed E-state index contributed by atoms with van der Waals surface area (Å²) in [7, 11) is 0. The molecule has 250 valence electrons. The van der Waals surface area contributed by atoms with Gasteiger partial charge in [0.25, 0.3) is 0 Å². The van der Waals surface area contributed by atoms with E-state index in [1.165, 1.54) is 66.1 Å². The normalized spacial score (nSPS) is 12.9. The van der Waals surface area contributed by atoms with Gasteiger partial charge in [-0.15, -0.1) is 0 Å². The van der Waals surface area contributed by atoms with Crippen LogP contribution in [0.15, 0.2) is 182 Å². The zero-order valence-electron chi connectivity index (χ0n) is 29.7. The Hall–Kier alpha value is -6.64. The fraction of sp³-hybridized carbons (Fsp3) is 0.0588. The Balaban J connectivity index is 1.03. The molecule has 0 fully saturated rings. The van der Waals surface area contributed by atoms with E-state index < -0.39 is 0 Å². The minimum absolute atomic E-state index is 0.0707. The molecule has 1 aliphatic rings. The fourth-order valence-electron chi connectivity index (χ4n) is 8.28. The van der Waals surface area contributed by atoms with Gasteiger partial charge in [-0.3, -0.25) is 0 Å². The van der Waals surface area contributed by atoms with Gasteiger partial charge in [0, 0.05) is 22.1 Å². The van der Waals surface area contributed by atoms with Gasteiger partial charge < -0.3 is 0 Å². The first-order chi connectivity index (χ1) is 26.0. The molecular formula is C51H36N2. The van der Waals surface area contributed by atoms with Gasteiger partial charge in [0.2, 0.25) is 0 Å². The summed E-state index contributed by atoms with van der Waals surface area (Å²) in [4.78, 5) is 10.2. The second-order valence-corrected chi connectivity index (χ2v) is 14.6. The second kappa shape index (κ2) is 12.3. The van der Waals surface area contributed by atoms with E-state index >= 15 is 0 Å². The lowest BCUT2D eigenvalue weighted by Gasteiger charge is -2.22. The molecule has 9 aromatic rings. The summed E-state index contributed by atoms with van der Waals surface area (Å²) in [6.45, 7) is 4.72. The van der Waals surface area contributed by atoms with Crippen LogP contribution in [0.25, 0.3) is 88.8 Å². The van der Waals surface area contributed by atoms with Crippen LogP contribution < -0.4 is 0 Å². The van der Waals surface area contributed by atoms with Crippen LogP contribution in [-0.4, -0.2) is 9.97 Å². The molecule has 0 saturated heterocycles. The van der Waals surface area contributed by atoms with Gasteiger partial charge in [-0.1, -0.05) is 172 Å². The largest absolute Gasteiger partial charge is 0.228 e. The first-order valence-electron chi connectivity index (χ1n) is 18.3. The minimum Gasteiger partial charge on any atom is -0.228 e. The van der Waals surface area contributed by atoms with Crippen molar-refractivity contribution >= 4 is 21.5 Å². The lowest BCUT2D eigenvalue weighted by Crippen LogP contribution is -2.15. The number of aromatic nitrogens is 2. The molecule has 2 heteroatoms. The summed E-state index contributed by atoms with van der Waals surface area (Å²) in [5.41, 5.74) is 15.3. The molecular weight excluding hydrogens is 641 g/mol. The van der Waals surface area contributed by atoms with Crippen LogP contribution in [0.3, 0.4) is 0 Å². The van der Waals surface area contributed by atoms with Crippen molar-refractivity contribution < 1.29 is 0 Å². The Labute approximate surface area is 310 Å². The van der Waals surface area contributed by atoms with Crippen molar-refractivity contribution in [2.24, 2.45) is 0 Å². The van der Waals surface area contributed by atoms with Gasteiger partial charge in [-0.2, -0.15) is 0 Å². The van der Waals surface area contributed by atoms with Gasteiger partial charge in [-0.05, 0) is 90.3 Å². The Morgan fingerprint density at radius 2 is 0.868 bits per heavy atom. The highest BCUT2D eigenvalue weighted by molar-refractivity contribution is 6.05. The molecule has 0 N–H and O–H groups in total. The number of fused-ring (bicyclic) bond motifs is 5. The van der Waals surface area contributed by atoms with Crippen molar-refractivity contribution in [3.8, 4) is 67.3 Å². The van der Waals surface area contributed by atoms with E-state index in [9.17, 15) is 0 Å². The molecule has 0 bridgehead atoms. The highest BCUT2D eigenvalue weighted by Crippen LogP contribution is 2.51. The molecule has 0 radical (unpaired) electrons. The van der Waals surface area contributed by atoms with E-state index in [1.807, 2.05) is 24.3 Å². The van der Waals surface area contributed by atoms with Gasteiger partial charge in [0.05, 0.1) is 11.4 Å². The smallest absolute Gasteiger partial charge is 0.160 e. The maximum Gasteiger partial charge on any atom is 0.160 e. The SMILES string of the molecule is CC1(C)c2cc(-c3ccc(-c4ccc(-c5cc(-c6ccccc6)nc(-c6ccccc6)n5)c5ccccc45)cc3)ccc2-c2cc3ccccc3cc21. The van der Waals surface area contributed by atoms with E-state index in [0.29, 0.717) is 0 Å². The molecule has 0 atom stereocenters. The molecule has 0 saturated carbocycles. The predicted molar refractivity (Wildman–Crippen MR) is 222 cm³/mol. The number of rotatable bonds is 5. The Bertz CT molecular complexity index is 2780. The summed E-state index contributed by atoms with van der Waals surface area (Å²) < 4.78 is 0. The molecule has 1 aromatic heterocycles. The molecule has 2 nitrogen and oxygen atoms in total. The maximum absolute atomic E-state index is 5.15. The van der Waals surface area contributed by atoms with Gasteiger partial charge in [0.15, 0.2) is 5.82 Å². The third kappa shape index (κ3) is 5.26. The molecule has 0 aliphatic heterocycles. The van der Waals surface area contributed by atoms with Crippen molar-refractivity contribution in [2.45, 2.75) is 19.3 Å². The summed E-state index contributed by atoms with van der Waals surface area (Å²) >= 11 is 0. The Kier molecular flexibility index (Phi) is 7.19. The zero-order chi connectivity index (χ0) is 35.5. The van der Waals surface area contributed by atoms with Crippen LogP contribution >= 0.6 is 0 Å². The van der Waals surface area contributed by atoms with E-state index in [-0.39, 0.29) is 5.41 Å². The lowest BCUT2D eigenvalue weighted by atomic mass is 9.81. The van der Waals surface area contributed by atoms with Crippen molar-refractivity contribution in [2.75, 3.05) is 0 Å². The monoisotopic (exact) mass is 676 g/mol. The Morgan fingerprint density at radius 3 is 1.60 bits per heavy atom. The van der Waals surface area contributed by atoms with Crippen molar-refractivity contribution in [3.63, 3.8) is 0 Å². The van der Waals surface area contributed by atoms with Crippen LogP contribution in [0, 0.1) is 0 Å². The highest BCUT2D eigenvalue weighted by Gasteiger charge is 2.36. The minimum atomic E-state index is -0.0707. The first kappa shape index (κ1) is 31.1. The van der Waals surface area contributed by atoms with Crippen LogP contribution in [0.5, 0.6) is 0 Å². The number of hydrogen-bond donors (Lipinski definition) is 0. The summed E-state index contributed by atoms with van der Waals surface area (Å²) in [6, 6.07) is 65.4. The molecule has 0 amide bonds. The highest BCUT2D eigenvalue weighted by atomic mass is 14.9. The molecule has 1 aliphatic carbocycles. The second-order valence-electron chi connectivity index (χ2n) is 14.6. The van der Waals surface area contributed by atoms with Crippen molar-refractivity contribution in [1.82, 2.24) is 9.97 Å². The maximum atomic E-state index is 5.15. The molecule has 0 spiro atoms. The summed E-state index contributed by atoms with van der Waals surface area (Å²) in [6.07, 6.45) is 0. The third-order valence-corrected chi connectivity index (χ3v) is 11.1. The molecule has 0 unspecified atom stereocenters. The number of nitrogens with zero attached hydrogens (tertiary/aromatic N) is 2. The topological polar surface area (TPSA) is 25.8 Å². The van der Waals surface area contributed by atoms with Crippen LogP contribution in [0.4, 0.5) is 0 Å². The van der Waals surface area contributed by atoms with E-state index in [1.54, 1.807) is 0 Å². The predicted octanol–water partition coefficient (Wildman–Crippen LogP) is 13.4. The fourth-order valence-corrected chi connectivity index (χ4v) is 8.28. The van der Waals surface area contributed by atoms with Crippen LogP contribution in [0.1, 0.15) is 25.0 Å². The standard InChI is InChI=1S/C51H36N2/c1-51(2)46-31-39(25-26-43(46)45-29-37-17-9-10-18-38(37)30-47(45)51)33-21-23-34(24-22-33)40-27-28-44(42-20-12-11-19-41(40)42)49-32-48(35-13-5-3-6-14-35)52-50(53-49)36-15-7-4-8-16-36/h3-32H,1-2H3. The van der Waals surface area contributed by atoms with Crippen molar-refractivity contribution in [3.05, 3.63) is 193 Å². The van der Waals surface area contributed by atoms with Crippen LogP contribution in [0.2, 0.25) is 0 Å².